The standard InChI is InChI=1S/C18H17F5N2O3S/c1-11(25(29(2,27)28)14-6-7-15(19)16(20)9-14)17(26)24-10-12-4-3-5-13(8-12)18(21,22)23/h3-9,11H,10H2,1-2H3,(H,24,26). The van der Waals surface area contributed by atoms with E-state index in [4.69, 9.17) is 0 Å². The van der Waals surface area contributed by atoms with E-state index < -0.39 is 45.3 Å². The van der Waals surface area contributed by atoms with Crippen LogP contribution in [0.2, 0.25) is 0 Å². The van der Waals surface area contributed by atoms with E-state index in [1.165, 1.54) is 19.1 Å². The molecule has 0 aliphatic heterocycles. The van der Waals surface area contributed by atoms with Crippen molar-refractivity contribution in [2.75, 3.05) is 10.6 Å². The Morgan fingerprint density at radius 1 is 1.10 bits per heavy atom. The highest BCUT2D eigenvalue weighted by Gasteiger charge is 2.31. The molecule has 2 aromatic rings. The normalized spacial score (nSPS) is 13.1. The Labute approximate surface area is 164 Å². The fourth-order valence-corrected chi connectivity index (χ4v) is 3.79. The number of carbonyl (C=O) groups is 1. The van der Waals surface area contributed by atoms with Crippen LogP contribution in [0.5, 0.6) is 0 Å². The highest BCUT2D eigenvalue weighted by Crippen LogP contribution is 2.29. The highest BCUT2D eigenvalue weighted by molar-refractivity contribution is 7.92. The van der Waals surface area contributed by atoms with Gasteiger partial charge in [0.05, 0.1) is 17.5 Å². The molecule has 1 N–H and O–H groups in total. The lowest BCUT2D eigenvalue weighted by Gasteiger charge is -2.28. The Bertz CT molecular complexity index is 1010. The first-order valence-electron chi connectivity index (χ1n) is 8.19. The average molecular weight is 436 g/mol. The lowest BCUT2D eigenvalue weighted by molar-refractivity contribution is -0.137. The van der Waals surface area contributed by atoms with Gasteiger partial charge in [0.25, 0.3) is 0 Å². The van der Waals surface area contributed by atoms with Gasteiger partial charge in [0.1, 0.15) is 6.04 Å². The van der Waals surface area contributed by atoms with Gasteiger partial charge in [0.15, 0.2) is 11.6 Å². The smallest absolute Gasteiger partial charge is 0.350 e. The summed E-state index contributed by atoms with van der Waals surface area (Å²) < 4.78 is 89.7. The van der Waals surface area contributed by atoms with E-state index in [2.05, 4.69) is 5.32 Å². The monoisotopic (exact) mass is 436 g/mol. The van der Waals surface area contributed by atoms with E-state index in [0.717, 1.165) is 30.5 Å². The van der Waals surface area contributed by atoms with Crippen molar-refractivity contribution in [2.45, 2.75) is 25.7 Å². The highest BCUT2D eigenvalue weighted by atomic mass is 32.2. The number of alkyl halides is 3. The van der Waals surface area contributed by atoms with Crippen molar-refractivity contribution >= 4 is 21.6 Å². The van der Waals surface area contributed by atoms with Crippen molar-refractivity contribution in [3.63, 3.8) is 0 Å². The summed E-state index contributed by atoms with van der Waals surface area (Å²) in [4.78, 5) is 12.4. The van der Waals surface area contributed by atoms with Gasteiger partial charge < -0.3 is 5.32 Å². The summed E-state index contributed by atoms with van der Waals surface area (Å²) >= 11 is 0. The summed E-state index contributed by atoms with van der Waals surface area (Å²) in [5.74, 6) is -3.32. The van der Waals surface area contributed by atoms with Gasteiger partial charge in [-0.05, 0) is 36.8 Å². The second kappa shape index (κ2) is 8.36. The summed E-state index contributed by atoms with van der Waals surface area (Å²) in [6.07, 6.45) is -3.77. The fraction of sp³-hybridized carbons (Fsp3) is 0.278. The minimum absolute atomic E-state index is 0.152. The van der Waals surface area contributed by atoms with E-state index in [1.807, 2.05) is 0 Å². The molecule has 0 bridgehead atoms. The topological polar surface area (TPSA) is 66.5 Å². The van der Waals surface area contributed by atoms with Gasteiger partial charge in [-0.2, -0.15) is 13.2 Å². The van der Waals surface area contributed by atoms with Gasteiger partial charge in [-0.1, -0.05) is 12.1 Å². The number of hydrogen-bond donors (Lipinski definition) is 1. The third kappa shape index (κ3) is 5.66. The largest absolute Gasteiger partial charge is 0.416 e. The van der Waals surface area contributed by atoms with E-state index in [-0.39, 0.29) is 17.8 Å². The predicted octanol–water partition coefficient (Wildman–Crippen LogP) is 3.45. The van der Waals surface area contributed by atoms with Crippen molar-refractivity contribution in [3.05, 3.63) is 65.2 Å². The molecule has 1 amide bonds. The third-order valence-corrected chi connectivity index (χ3v) is 5.21. The second-order valence-corrected chi connectivity index (χ2v) is 8.11. The maximum atomic E-state index is 13.5. The molecule has 0 aliphatic rings. The summed E-state index contributed by atoms with van der Waals surface area (Å²) in [6.45, 7) is 0.923. The summed E-state index contributed by atoms with van der Waals surface area (Å²) in [5.41, 5.74) is -1.01. The zero-order valence-corrected chi connectivity index (χ0v) is 16.1. The summed E-state index contributed by atoms with van der Waals surface area (Å²) in [7, 11) is -4.07. The molecule has 0 aliphatic carbocycles. The van der Waals surface area contributed by atoms with Crippen molar-refractivity contribution in [1.82, 2.24) is 5.32 Å². The molecular weight excluding hydrogens is 419 g/mol. The van der Waals surface area contributed by atoms with Crippen LogP contribution in [0.15, 0.2) is 42.5 Å². The fourth-order valence-electron chi connectivity index (χ4n) is 2.63. The lowest BCUT2D eigenvalue weighted by atomic mass is 10.1. The summed E-state index contributed by atoms with van der Waals surface area (Å²) in [6, 6.07) is 5.25. The van der Waals surface area contributed by atoms with E-state index in [9.17, 15) is 35.2 Å². The van der Waals surface area contributed by atoms with Crippen LogP contribution in [0.4, 0.5) is 27.6 Å². The molecule has 11 heteroatoms. The van der Waals surface area contributed by atoms with Gasteiger partial charge in [-0.3, -0.25) is 9.10 Å². The molecule has 0 fully saturated rings. The minimum atomic E-state index is -4.55. The third-order valence-electron chi connectivity index (χ3n) is 3.97. The number of sulfonamides is 1. The number of anilines is 1. The molecule has 1 atom stereocenters. The van der Waals surface area contributed by atoms with Crippen molar-refractivity contribution in [2.24, 2.45) is 0 Å². The number of carbonyl (C=O) groups excluding carboxylic acids is 1. The van der Waals surface area contributed by atoms with Crippen LogP contribution in [-0.2, 0) is 27.5 Å². The van der Waals surface area contributed by atoms with Crippen molar-refractivity contribution in [1.29, 1.82) is 0 Å². The van der Waals surface area contributed by atoms with Crippen LogP contribution in [0, 0.1) is 11.6 Å². The maximum absolute atomic E-state index is 13.5. The average Bonchev–Trinajstić information content (AvgIpc) is 2.61. The van der Waals surface area contributed by atoms with Crippen LogP contribution in [0.25, 0.3) is 0 Å². The van der Waals surface area contributed by atoms with E-state index >= 15 is 0 Å². The molecule has 0 aromatic heterocycles. The Morgan fingerprint density at radius 2 is 1.76 bits per heavy atom. The Morgan fingerprint density at radius 3 is 2.31 bits per heavy atom. The van der Waals surface area contributed by atoms with Crippen LogP contribution >= 0.6 is 0 Å². The number of rotatable bonds is 6. The number of nitrogens with zero attached hydrogens (tertiary/aromatic N) is 1. The number of amides is 1. The number of hydrogen-bond acceptors (Lipinski definition) is 3. The van der Waals surface area contributed by atoms with E-state index in [1.54, 1.807) is 0 Å². The molecule has 158 valence electrons. The zero-order valence-electron chi connectivity index (χ0n) is 15.3. The molecule has 29 heavy (non-hydrogen) atoms. The van der Waals surface area contributed by atoms with Gasteiger partial charge in [-0.25, -0.2) is 17.2 Å². The van der Waals surface area contributed by atoms with Crippen LogP contribution in [-0.4, -0.2) is 26.6 Å². The number of halogens is 5. The molecule has 2 rings (SSSR count). The Hall–Kier alpha value is -2.69. The van der Waals surface area contributed by atoms with Crippen LogP contribution in [0.3, 0.4) is 0 Å². The number of benzene rings is 2. The minimum Gasteiger partial charge on any atom is -0.350 e. The Kier molecular flexibility index (Phi) is 6.51. The Balaban J connectivity index is 2.21. The van der Waals surface area contributed by atoms with Gasteiger partial charge in [-0.15, -0.1) is 0 Å². The maximum Gasteiger partial charge on any atom is 0.416 e. The lowest BCUT2D eigenvalue weighted by Crippen LogP contribution is -2.47. The SMILES string of the molecule is CC(C(=O)NCc1cccc(C(F)(F)F)c1)N(c1ccc(F)c(F)c1)S(C)(=O)=O. The van der Waals surface area contributed by atoms with Crippen LogP contribution < -0.4 is 9.62 Å². The summed E-state index contributed by atoms with van der Waals surface area (Å²) in [5, 5.41) is 2.35. The molecule has 5 nitrogen and oxygen atoms in total. The molecule has 1 unspecified atom stereocenters. The number of nitrogens with one attached hydrogen (secondary N) is 1. The molecule has 0 saturated carbocycles. The molecular formula is C18H17F5N2O3S. The molecule has 0 saturated heterocycles. The van der Waals surface area contributed by atoms with Crippen molar-refractivity contribution < 1.29 is 35.2 Å². The first-order chi connectivity index (χ1) is 13.3. The molecule has 0 spiro atoms. The van der Waals surface area contributed by atoms with Crippen molar-refractivity contribution in [3.8, 4) is 0 Å². The zero-order chi connectivity index (χ0) is 22.0. The first kappa shape index (κ1) is 22.6. The second-order valence-electron chi connectivity index (χ2n) is 6.25. The van der Waals surface area contributed by atoms with E-state index in [0.29, 0.717) is 10.4 Å². The van der Waals surface area contributed by atoms with Crippen LogP contribution in [0.1, 0.15) is 18.1 Å². The molecule has 2 aromatic carbocycles. The molecule has 0 radical (unpaired) electrons. The van der Waals surface area contributed by atoms with Gasteiger partial charge in [0.2, 0.25) is 15.9 Å². The van der Waals surface area contributed by atoms with Gasteiger partial charge in [0, 0.05) is 12.6 Å². The first-order valence-corrected chi connectivity index (χ1v) is 10.0. The molecule has 0 heterocycles. The quantitative estimate of drug-likeness (QED) is 0.706. The van der Waals surface area contributed by atoms with Gasteiger partial charge >= 0.3 is 6.18 Å². The predicted molar refractivity (Wildman–Crippen MR) is 96.4 cm³/mol.